The Morgan fingerprint density at radius 3 is 2.75 bits per heavy atom. The minimum atomic E-state index is -0.943. The number of carboxylic acids is 1. The second-order valence-corrected chi connectivity index (χ2v) is 10.9. The van der Waals surface area contributed by atoms with Gasteiger partial charge in [0.15, 0.2) is 0 Å². The Balaban J connectivity index is 1.15. The largest absolute Gasteiger partial charge is 0.478 e. The molecule has 1 atom stereocenters. The number of benzene rings is 2. The molecule has 9 heteroatoms. The van der Waals surface area contributed by atoms with Crippen LogP contribution in [-0.2, 0) is 30.7 Å². The summed E-state index contributed by atoms with van der Waals surface area (Å²) in [4.78, 5) is 23.3. The van der Waals surface area contributed by atoms with Crippen LogP contribution in [0.4, 0.5) is 4.39 Å². The number of nitrogens with zero attached hydrogens (tertiary/aromatic N) is 4. The van der Waals surface area contributed by atoms with E-state index in [1.807, 2.05) is 12.3 Å². The van der Waals surface area contributed by atoms with E-state index in [1.54, 1.807) is 30.3 Å². The van der Waals surface area contributed by atoms with Gasteiger partial charge < -0.3 is 14.4 Å². The SMILES string of the molecule is O=C(O)c1ccc2nc(CN3CC=C(c4ccnc(CCc5ccc(Cl)cc5F)c4)CC3)n(C[C@@H]3CCO3)c2c1. The molecule has 2 aliphatic heterocycles. The maximum atomic E-state index is 14.2. The number of aryl methyl sites for hydroxylation is 2. The molecule has 1 N–H and O–H groups in total. The van der Waals surface area contributed by atoms with E-state index in [9.17, 15) is 14.3 Å². The molecule has 0 bridgehead atoms. The molecule has 2 aromatic heterocycles. The fourth-order valence-electron chi connectivity index (χ4n) is 5.38. The molecule has 0 saturated carbocycles. The van der Waals surface area contributed by atoms with E-state index in [0.29, 0.717) is 36.5 Å². The molecule has 7 nitrogen and oxygen atoms in total. The summed E-state index contributed by atoms with van der Waals surface area (Å²) in [6.07, 6.45) is 7.32. The quantitative estimate of drug-likeness (QED) is 0.279. The Labute approximate surface area is 236 Å². The highest BCUT2D eigenvalue weighted by Crippen LogP contribution is 2.27. The average Bonchev–Trinajstić information content (AvgIpc) is 3.26. The van der Waals surface area contributed by atoms with Gasteiger partial charge in [-0.2, -0.15) is 0 Å². The van der Waals surface area contributed by atoms with Gasteiger partial charge in [-0.25, -0.2) is 14.2 Å². The Kier molecular flexibility index (Phi) is 7.65. The molecule has 4 aromatic rings. The number of carbonyl (C=O) groups is 1. The van der Waals surface area contributed by atoms with Crippen LogP contribution in [0.2, 0.25) is 5.02 Å². The molecule has 1 saturated heterocycles. The number of hydrogen-bond donors (Lipinski definition) is 1. The fourth-order valence-corrected chi connectivity index (χ4v) is 5.54. The summed E-state index contributed by atoms with van der Waals surface area (Å²) < 4.78 is 22.0. The van der Waals surface area contributed by atoms with Crippen molar-refractivity contribution in [1.29, 1.82) is 0 Å². The Hall–Kier alpha value is -3.59. The molecule has 0 amide bonds. The van der Waals surface area contributed by atoms with E-state index < -0.39 is 5.97 Å². The molecule has 0 spiro atoms. The van der Waals surface area contributed by atoms with E-state index in [4.69, 9.17) is 21.3 Å². The van der Waals surface area contributed by atoms with Crippen LogP contribution in [0, 0.1) is 5.82 Å². The smallest absolute Gasteiger partial charge is 0.335 e. The summed E-state index contributed by atoms with van der Waals surface area (Å²) in [5.41, 5.74) is 5.89. The predicted octanol–water partition coefficient (Wildman–Crippen LogP) is 5.79. The second kappa shape index (κ2) is 11.5. The van der Waals surface area contributed by atoms with Crippen molar-refractivity contribution in [3.63, 3.8) is 0 Å². The number of carboxylic acid groups (broad SMARTS) is 1. The average molecular weight is 561 g/mol. The highest BCUT2D eigenvalue weighted by atomic mass is 35.5. The number of aromatic carboxylic acids is 1. The lowest BCUT2D eigenvalue weighted by molar-refractivity contribution is -0.0591. The number of imidazole rings is 1. The summed E-state index contributed by atoms with van der Waals surface area (Å²) in [5, 5.41) is 9.89. The normalized spacial score (nSPS) is 17.6. The third-order valence-corrected chi connectivity index (χ3v) is 8.00. The van der Waals surface area contributed by atoms with E-state index in [2.05, 4.69) is 26.6 Å². The van der Waals surface area contributed by atoms with Crippen molar-refractivity contribution in [2.45, 2.75) is 44.9 Å². The molecule has 1 fully saturated rings. The lowest BCUT2D eigenvalue weighted by Crippen LogP contribution is -2.33. The summed E-state index contributed by atoms with van der Waals surface area (Å²) in [6.45, 7) is 3.77. The van der Waals surface area contributed by atoms with Gasteiger partial charge >= 0.3 is 5.97 Å². The predicted molar refractivity (Wildman–Crippen MR) is 152 cm³/mol. The second-order valence-electron chi connectivity index (χ2n) is 10.4. The van der Waals surface area contributed by atoms with Crippen molar-refractivity contribution >= 4 is 34.2 Å². The topological polar surface area (TPSA) is 80.5 Å². The van der Waals surface area contributed by atoms with Gasteiger partial charge in [-0.05, 0) is 84.8 Å². The number of aromatic nitrogens is 3. The van der Waals surface area contributed by atoms with Crippen LogP contribution in [0.3, 0.4) is 0 Å². The first-order valence-corrected chi connectivity index (χ1v) is 14.0. The van der Waals surface area contributed by atoms with Crippen molar-refractivity contribution in [2.24, 2.45) is 0 Å². The summed E-state index contributed by atoms with van der Waals surface area (Å²) in [7, 11) is 0. The minimum absolute atomic E-state index is 0.134. The van der Waals surface area contributed by atoms with Gasteiger partial charge in [0.1, 0.15) is 11.6 Å². The third kappa shape index (κ3) is 5.80. The van der Waals surface area contributed by atoms with E-state index in [-0.39, 0.29) is 17.5 Å². The highest BCUT2D eigenvalue weighted by Gasteiger charge is 2.24. The third-order valence-electron chi connectivity index (χ3n) is 7.77. The first-order chi connectivity index (χ1) is 19.4. The number of fused-ring (bicyclic) bond motifs is 1. The Morgan fingerprint density at radius 2 is 2.02 bits per heavy atom. The van der Waals surface area contributed by atoms with Gasteiger partial charge in [-0.1, -0.05) is 23.7 Å². The van der Waals surface area contributed by atoms with Gasteiger partial charge in [0, 0.05) is 36.6 Å². The first kappa shape index (κ1) is 26.6. The zero-order valence-corrected chi connectivity index (χ0v) is 22.8. The maximum absolute atomic E-state index is 14.2. The number of hydrogen-bond acceptors (Lipinski definition) is 5. The Morgan fingerprint density at radius 1 is 1.15 bits per heavy atom. The highest BCUT2D eigenvalue weighted by molar-refractivity contribution is 6.30. The van der Waals surface area contributed by atoms with E-state index in [1.165, 1.54) is 11.6 Å². The molecule has 0 radical (unpaired) electrons. The molecule has 206 valence electrons. The van der Waals surface area contributed by atoms with Crippen molar-refractivity contribution in [3.05, 3.63) is 99.9 Å². The summed E-state index contributed by atoms with van der Waals surface area (Å²) in [6, 6.07) is 14.0. The van der Waals surface area contributed by atoms with Crippen molar-refractivity contribution < 1.29 is 19.0 Å². The molecular weight excluding hydrogens is 531 g/mol. The van der Waals surface area contributed by atoms with Crippen molar-refractivity contribution in [2.75, 3.05) is 19.7 Å². The summed E-state index contributed by atoms with van der Waals surface area (Å²) >= 11 is 5.88. The molecule has 0 unspecified atom stereocenters. The van der Waals surface area contributed by atoms with Gasteiger partial charge in [-0.15, -0.1) is 0 Å². The lowest BCUT2D eigenvalue weighted by atomic mass is 9.98. The molecular formula is C31H30ClFN4O3. The standard InChI is InChI=1S/C31H30ClFN4O3/c32-24-4-1-21(27(33)17-24)2-5-25-15-22(7-11-34-25)20-8-12-36(13-9-20)19-30-35-28-6-3-23(31(38)39)16-29(28)37(30)18-26-10-14-40-26/h1,3-4,6-8,11,15-17,26H,2,5,9-10,12-14,18-19H2,(H,38,39)/t26-/m0/s1. The molecule has 6 rings (SSSR count). The van der Waals surface area contributed by atoms with Crippen LogP contribution in [0.15, 0.2) is 60.8 Å². The first-order valence-electron chi connectivity index (χ1n) is 13.6. The fraction of sp³-hybridized carbons (Fsp3) is 0.323. The van der Waals surface area contributed by atoms with Crippen LogP contribution < -0.4 is 0 Å². The minimum Gasteiger partial charge on any atom is -0.478 e. The van der Waals surface area contributed by atoms with Crippen LogP contribution in [0.1, 0.15) is 45.8 Å². The zero-order chi connectivity index (χ0) is 27.6. The summed E-state index contributed by atoms with van der Waals surface area (Å²) in [5.74, 6) is -0.304. The molecule has 40 heavy (non-hydrogen) atoms. The van der Waals surface area contributed by atoms with Crippen LogP contribution in [-0.4, -0.2) is 56.3 Å². The monoisotopic (exact) mass is 560 g/mol. The van der Waals surface area contributed by atoms with Crippen molar-refractivity contribution in [1.82, 2.24) is 19.4 Å². The molecule has 2 aromatic carbocycles. The Bertz CT molecular complexity index is 1600. The number of ether oxygens (including phenoxy) is 1. The molecule has 0 aliphatic carbocycles. The van der Waals surface area contributed by atoms with Gasteiger partial charge in [0.25, 0.3) is 0 Å². The van der Waals surface area contributed by atoms with E-state index >= 15 is 0 Å². The van der Waals surface area contributed by atoms with E-state index in [0.717, 1.165) is 60.7 Å². The zero-order valence-electron chi connectivity index (χ0n) is 22.0. The van der Waals surface area contributed by atoms with Crippen LogP contribution in [0.25, 0.3) is 16.6 Å². The van der Waals surface area contributed by atoms with Crippen molar-refractivity contribution in [3.8, 4) is 0 Å². The molecule has 2 aliphatic rings. The maximum Gasteiger partial charge on any atom is 0.335 e. The van der Waals surface area contributed by atoms with Gasteiger partial charge in [0.05, 0.1) is 35.8 Å². The number of rotatable bonds is 9. The number of halogens is 2. The number of pyridine rings is 1. The van der Waals surface area contributed by atoms with Gasteiger partial charge in [0.2, 0.25) is 0 Å². The van der Waals surface area contributed by atoms with Crippen LogP contribution in [0.5, 0.6) is 0 Å². The molecule has 4 heterocycles. The lowest BCUT2D eigenvalue weighted by Gasteiger charge is -2.29. The van der Waals surface area contributed by atoms with Gasteiger partial charge in [-0.3, -0.25) is 9.88 Å². The van der Waals surface area contributed by atoms with Crippen LogP contribution >= 0.6 is 11.6 Å².